The fourth-order valence-electron chi connectivity index (χ4n) is 4.29. The van der Waals surface area contributed by atoms with Gasteiger partial charge < -0.3 is 4.74 Å². The Labute approximate surface area is 173 Å². The molecule has 2 heterocycles. The van der Waals surface area contributed by atoms with Crippen molar-refractivity contribution in [1.29, 1.82) is 0 Å². The van der Waals surface area contributed by atoms with Gasteiger partial charge >= 0.3 is 11.4 Å². The van der Waals surface area contributed by atoms with Gasteiger partial charge in [-0.1, -0.05) is 60.7 Å². The van der Waals surface area contributed by atoms with E-state index in [0.717, 1.165) is 16.9 Å². The first-order valence-electron chi connectivity index (χ1n) is 9.88. The van der Waals surface area contributed by atoms with Crippen LogP contribution in [-0.2, 0) is 0 Å². The van der Waals surface area contributed by atoms with E-state index in [1.54, 1.807) is 28.6 Å². The van der Waals surface area contributed by atoms with E-state index < -0.39 is 0 Å². The Morgan fingerprint density at radius 2 is 1.60 bits per heavy atom. The van der Waals surface area contributed by atoms with Crippen LogP contribution in [0.4, 0.5) is 0 Å². The number of allylic oxidation sites excluding steroid dienone is 6. The number of nitrogens with zero attached hydrogens (tertiary/aromatic N) is 3. The molecule has 0 saturated heterocycles. The van der Waals surface area contributed by atoms with Gasteiger partial charge in [0.1, 0.15) is 11.8 Å². The Kier molecular flexibility index (Phi) is 4.39. The van der Waals surface area contributed by atoms with E-state index >= 15 is 0 Å². The van der Waals surface area contributed by atoms with Gasteiger partial charge in [-0.2, -0.15) is 0 Å². The average Bonchev–Trinajstić information content (AvgIpc) is 3.03. The molecule has 150 valence electrons. The first-order valence-corrected chi connectivity index (χ1v) is 9.88. The highest BCUT2D eigenvalue weighted by Gasteiger charge is 2.35. The van der Waals surface area contributed by atoms with Crippen molar-refractivity contribution in [3.8, 4) is 11.4 Å². The standard InChI is InChI=1S/C24H21N3O3/c1-30-21-14-12-17(13-15-21)22-18-8-4-2-7-11-20(16-18)26-23(28)25(24(29)27(22)26)19-9-5-3-6-10-19/h2-15,20,22H,16H2,1H3/b4-2-,11-7-,18-8+/t20-,22+/m0/s1. The number of fused-ring (bicyclic) bond motifs is 4. The van der Waals surface area contributed by atoms with E-state index in [1.165, 1.54) is 4.57 Å². The zero-order chi connectivity index (χ0) is 20.7. The Morgan fingerprint density at radius 3 is 2.33 bits per heavy atom. The topological polar surface area (TPSA) is 58.2 Å². The van der Waals surface area contributed by atoms with Crippen LogP contribution >= 0.6 is 0 Å². The molecule has 6 heteroatoms. The molecular formula is C24H21N3O3. The average molecular weight is 399 g/mol. The van der Waals surface area contributed by atoms with E-state index in [9.17, 15) is 9.59 Å². The number of para-hydroxylation sites is 1. The second-order valence-corrected chi connectivity index (χ2v) is 7.38. The van der Waals surface area contributed by atoms with Gasteiger partial charge in [0.2, 0.25) is 0 Å². The van der Waals surface area contributed by atoms with Gasteiger partial charge in [0.25, 0.3) is 0 Å². The van der Waals surface area contributed by atoms with E-state index in [1.807, 2.05) is 72.8 Å². The largest absolute Gasteiger partial charge is 0.497 e. The molecule has 0 spiro atoms. The van der Waals surface area contributed by atoms with Gasteiger partial charge in [-0.15, -0.1) is 0 Å². The molecule has 0 saturated carbocycles. The number of aromatic nitrogens is 3. The van der Waals surface area contributed by atoms with Crippen LogP contribution in [-0.4, -0.2) is 21.0 Å². The van der Waals surface area contributed by atoms with Crippen molar-refractivity contribution in [3.63, 3.8) is 0 Å². The van der Waals surface area contributed by atoms with Gasteiger partial charge in [0.15, 0.2) is 0 Å². The minimum atomic E-state index is -0.367. The van der Waals surface area contributed by atoms with E-state index in [4.69, 9.17) is 4.74 Å². The third-order valence-corrected chi connectivity index (χ3v) is 5.67. The number of hydrogen-bond donors (Lipinski definition) is 0. The molecule has 30 heavy (non-hydrogen) atoms. The highest BCUT2D eigenvalue weighted by Crippen LogP contribution is 2.37. The van der Waals surface area contributed by atoms with Crippen molar-refractivity contribution in [1.82, 2.24) is 13.9 Å². The van der Waals surface area contributed by atoms with Crippen molar-refractivity contribution in [2.75, 3.05) is 7.11 Å². The molecule has 3 aromatic rings. The Bertz CT molecular complexity index is 1290. The van der Waals surface area contributed by atoms with Crippen LogP contribution in [0.25, 0.3) is 5.69 Å². The minimum absolute atomic E-state index is 0.221. The van der Waals surface area contributed by atoms with Gasteiger partial charge in [0.05, 0.1) is 18.8 Å². The lowest BCUT2D eigenvalue weighted by molar-refractivity contribution is 0.331. The van der Waals surface area contributed by atoms with Crippen LogP contribution in [0.1, 0.15) is 24.1 Å². The highest BCUT2D eigenvalue weighted by molar-refractivity contribution is 5.39. The van der Waals surface area contributed by atoms with Crippen molar-refractivity contribution in [2.45, 2.75) is 18.5 Å². The molecule has 2 bridgehead atoms. The van der Waals surface area contributed by atoms with Crippen molar-refractivity contribution < 1.29 is 4.74 Å². The van der Waals surface area contributed by atoms with E-state index in [-0.39, 0.29) is 23.5 Å². The van der Waals surface area contributed by atoms with Crippen LogP contribution in [0.5, 0.6) is 5.75 Å². The summed E-state index contributed by atoms with van der Waals surface area (Å²) in [5.74, 6) is 0.744. The molecule has 2 aromatic carbocycles. The predicted molar refractivity (Wildman–Crippen MR) is 115 cm³/mol. The summed E-state index contributed by atoms with van der Waals surface area (Å²) in [7, 11) is 1.62. The summed E-state index contributed by atoms with van der Waals surface area (Å²) in [4.78, 5) is 27.0. The number of benzene rings is 2. The van der Waals surface area contributed by atoms with Crippen LogP contribution in [0, 0.1) is 0 Å². The summed E-state index contributed by atoms with van der Waals surface area (Å²) in [6, 6.07) is 16.1. The summed E-state index contributed by atoms with van der Waals surface area (Å²) in [6.07, 6.45) is 10.5. The normalized spacial score (nSPS) is 23.4. The summed E-state index contributed by atoms with van der Waals surface area (Å²) >= 11 is 0. The maximum atomic E-state index is 13.6. The van der Waals surface area contributed by atoms with Crippen LogP contribution in [0.15, 0.2) is 100 Å². The summed E-state index contributed by atoms with van der Waals surface area (Å²) in [5.41, 5.74) is 1.90. The quantitative estimate of drug-likeness (QED) is 0.678. The smallest absolute Gasteiger partial charge is 0.352 e. The molecule has 2 aliphatic rings. The minimum Gasteiger partial charge on any atom is -0.497 e. The molecule has 0 N–H and O–H groups in total. The lowest BCUT2D eigenvalue weighted by atomic mass is 9.90. The predicted octanol–water partition coefficient (Wildman–Crippen LogP) is 3.40. The maximum Gasteiger partial charge on any atom is 0.352 e. The van der Waals surface area contributed by atoms with E-state index in [2.05, 4.69) is 0 Å². The SMILES string of the molecule is COc1ccc([C@@H]2/C3=C/C=C\C=C/[C@@H](C3)n3c(=O)n(-c4ccccc4)c(=O)n32)cc1. The first kappa shape index (κ1) is 18.2. The highest BCUT2D eigenvalue weighted by atomic mass is 16.5. The van der Waals surface area contributed by atoms with Crippen LogP contribution in [0.3, 0.4) is 0 Å². The van der Waals surface area contributed by atoms with Gasteiger partial charge in [-0.25, -0.2) is 23.5 Å². The molecule has 0 radical (unpaired) electrons. The van der Waals surface area contributed by atoms with Gasteiger partial charge in [-0.05, 0) is 41.8 Å². The molecule has 1 aliphatic carbocycles. The lowest BCUT2D eigenvalue weighted by Crippen LogP contribution is -2.39. The molecule has 0 unspecified atom stereocenters. The molecule has 6 nitrogen and oxygen atoms in total. The molecule has 0 amide bonds. The fraction of sp³-hybridized carbons (Fsp3) is 0.167. The Morgan fingerprint density at radius 1 is 0.867 bits per heavy atom. The molecule has 1 aromatic heterocycles. The van der Waals surface area contributed by atoms with Crippen molar-refractivity contribution in [3.05, 3.63) is 117 Å². The zero-order valence-electron chi connectivity index (χ0n) is 16.5. The third kappa shape index (κ3) is 2.80. The van der Waals surface area contributed by atoms with Crippen molar-refractivity contribution in [2.24, 2.45) is 0 Å². The second kappa shape index (κ2) is 7.22. The molecule has 0 fully saturated rings. The molecular weight excluding hydrogens is 378 g/mol. The monoisotopic (exact) mass is 399 g/mol. The van der Waals surface area contributed by atoms with E-state index in [0.29, 0.717) is 12.1 Å². The first-order chi connectivity index (χ1) is 14.7. The second-order valence-electron chi connectivity index (χ2n) is 7.38. The zero-order valence-corrected chi connectivity index (χ0v) is 16.5. The van der Waals surface area contributed by atoms with Crippen LogP contribution < -0.4 is 16.1 Å². The number of hydrogen-bond acceptors (Lipinski definition) is 3. The number of ether oxygens (including phenoxy) is 1. The van der Waals surface area contributed by atoms with Gasteiger partial charge in [-0.3, -0.25) is 0 Å². The summed E-state index contributed by atoms with van der Waals surface area (Å²) in [6.45, 7) is 0. The Balaban J connectivity index is 1.80. The maximum absolute atomic E-state index is 13.6. The summed E-state index contributed by atoms with van der Waals surface area (Å²) in [5, 5.41) is 0. The van der Waals surface area contributed by atoms with Crippen LogP contribution in [0.2, 0.25) is 0 Å². The molecule has 1 aliphatic heterocycles. The molecule has 2 atom stereocenters. The third-order valence-electron chi connectivity index (χ3n) is 5.67. The lowest BCUT2D eigenvalue weighted by Gasteiger charge is -2.33. The van der Waals surface area contributed by atoms with Gasteiger partial charge in [0, 0.05) is 0 Å². The Hall–Kier alpha value is -3.80. The fourth-order valence-corrected chi connectivity index (χ4v) is 4.29. The number of methoxy groups -OCH3 is 1. The van der Waals surface area contributed by atoms with Crippen molar-refractivity contribution >= 4 is 0 Å². The summed E-state index contributed by atoms with van der Waals surface area (Å²) < 4.78 is 9.73. The number of rotatable bonds is 3. The molecule has 5 rings (SSSR count).